The van der Waals surface area contributed by atoms with Crippen molar-refractivity contribution >= 4 is 5.69 Å². The van der Waals surface area contributed by atoms with Crippen molar-refractivity contribution in [2.45, 2.75) is 34.0 Å². The van der Waals surface area contributed by atoms with Crippen LogP contribution in [0.5, 0.6) is 5.75 Å². The topological polar surface area (TPSA) is 74.6 Å². The maximum absolute atomic E-state index is 11.1. The Hall–Kier alpha value is -2.41. The van der Waals surface area contributed by atoms with Gasteiger partial charge in [0.15, 0.2) is 6.67 Å². The molecule has 2 rings (SSSR count). The maximum Gasteiger partial charge on any atom is 0.312 e. The first-order valence-corrected chi connectivity index (χ1v) is 7.63. The van der Waals surface area contributed by atoms with Gasteiger partial charge < -0.3 is 9.64 Å². The first-order valence-electron chi connectivity index (χ1n) is 7.63. The van der Waals surface area contributed by atoms with Gasteiger partial charge in [0.25, 0.3) is 0 Å². The molecule has 0 amide bonds. The average molecular weight is 319 g/mol. The molecular weight excluding hydrogens is 296 g/mol. The van der Waals surface area contributed by atoms with E-state index >= 15 is 0 Å². The minimum atomic E-state index is -0.365. The minimum Gasteiger partial charge on any atom is -0.494 e. The predicted octanol–water partition coefficient (Wildman–Crippen LogP) is 1.48. The van der Waals surface area contributed by atoms with Gasteiger partial charge in [0, 0.05) is 5.56 Å². The lowest BCUT2D eigenvalue weighted by molar-refractivity contribution is -0.917. The number of hydrogen-bond acceptors (Lipinski definition) is 4. The molecule has 0 saturated carbocycles. The Bertz CT molecular complexity index is 679. The summed E-state index contributed by atoms with van der Waals surface area (Å²) in [5.74, 6) is 0.864. The van der Waals surface area contributed by atoms with Crippen LogP contribution in [0.4, 0.5) is 5.69 Å². The van der Waals surface area contributed by atoms with Gasteiger partial charge in [0.1, 0.15) is 23.7 Å². The van der Waals surface area contributed by atoms with Crippen LogP contribution >= 0.6 is 0 Å². The Morgan fingerprint density at radius 3 is 2.48 bits per heavy atom. The van der Waals surface area contributed by atoms with Crippen molar-refractivity contribution in [1.29, 1.82) is 0 Å². The second-order valence-electron chi connectivity index (χ2n) is 5.65. The molecule has 0 saturated heterocycles. The van der Waals surface area contributed by atoms with Gasteiger partial charge >= 0.3 is 5.69 Å². The molecule has 0 fully saturated rings. The fourth-order valence-electron chi connectivity index (χ4n) is 2.64. The minimum absolute atomic E-state index is 0.110. The summed E-state index contributed by atoms with van der Waals surface area (Å²) in [4.78, 5) is 11.9. The number of nitro groups is 1. The highest BCUT2D eigenvalue weighted by molar-refractivity contribution is 5.39. The first kappa shape index (κ1) is 17.0. The smallest absolute Gasteiger partial charge is 0.312 e. The van der Waals surface area contributed by atoms with E-state index in [1.54, 1.807) is 18.5 Å². The van der Waals surface area contributed by atoms with Crippen molar-refractivity contribution in [3.8, 4) is 5.75 Å². The van der Waals surface area contributed by atoms with Crippen molar-refractivity contribution in [3.05, 3.63) is 51.3 Å². The normalized spacial score (nSPS) is 12.2. The predicted molar refractivity (Wildman–Crippen MR) is 86.6 cm³/mol. The third kappa shape index (κ3) is 4.07. The fourth-order valence-corrected chi connectivity index (χ4v) is 2.64. The van der Waals surface area contributed by atoms with Gasteiger partial charge in [0.2, 0.25) is 0 Å². The van der Waals surface area contributed by atoms with E-state index in [1.807, 2.05) is 38.2 Å². The van der Waals surface area contributed by atoms with Crippen LogP contribution in [0.3, 0.4) is 0 Å². The monoisotopic (exact) mass is 319 g/mol. The zero-order chi connectivity index (χ0) is 17.0. The van der Waals surface area contributed by atoms with Gasteiger partial charge in [-0.25, -0.2) is 4.68 Å². The van der Waals surface area contributed by atoms with Crippen LogP contribution in [0.1, 0.15) is 23.9 Å². The summed E-state index contributed by atoms with van der Waals surface area (Å²) in [5, 5.41) is 15.3. The quantitative estimate of drug-likeness (QED) is 0.619. The number of rotatable bonds is 7. The van der Waals surface area contributed by atoms with Crippen LogP contribution in [0.25, 0.3) is 0 Å². The molecule has 1 unspecified atom stereocenters. The molecule has 0 spiro atoms. The highest BCUT2D eigenvalue weighted by atomic mass is 16.6. The SMILES string of the molecule is CCOc1ccc(C[NH+](C)Cn2nc(C)c([N+](=O)[O-])c2C)cc1. The van der Waals surface area contributed by atoms with Gasteiger partial charge in [-0.15, -0.1) is 0 Å². The van der Waals surface area contributed by atoms with Crippen molar-refractivity contribution in [3.63, 3.8) is 0 Å². The van der Waals surface area contributed by atoms with Crippen molar-refractivity contribution in [1.82, 2.24) is 9.78 Å². The third-order valence-electron chi connectivity index (χ3n) is 3.69. The van der Waals surface area contributed by atoms with Gasteiger partial charge in [-0.3, -0.25) is 10.1 Å². The Kier molecular flexibility index (Phi) is 5.33. The highest BCUT2D eigenvalue weighted by Crippen LogP contribution is 2.21. The van der Waals surface area contributed by atoms with Crippen molar-refractivity contribution < 1.29 is 14.6 Å². The largest absolute Gasteiger partial charge is 0.494 e. The average Bonchev–Trinajstić information content (AvgIpc) is 2.75. The summed E-state index contributed by atoms with van der Waals surface area (Å²) in [6, 6.07) is 8.00. The standard InChI is InChI=1S/C16H22N4O3/c1-5-23-15-8-6-14(7-9-15)10-18(4)11-19-13(3)16(20(21)22)12(2)17-19/h6-9H,5,10-11H2,1-4H3/p+1. The van der Waals surface area contributed by atoms with E-state index in [0.717, 1.165) is 12.3 Å². The molecule has 0 aliphatic carbocycles. The van der Waals surface area contributed by atoms with Gasteiger partial charge in [0.05, 0.1) is 18.6 Å². The van der Waals surface area contributed by atoms with Crippen LogP contribution < -0.4 is 9.64 Å². The second-order valence-corrected chi connectivity index (χ2v) is 5.65. The van der Waals surface area contributed by atoms with Gasteiger partial charge in [-0.2, -0.15) is 5.10 Å². The van der Waals surface area contributed by atoms with E-state index in [4.69, 9.17) is 4.74 Å². The van der Waals surface area contributed by atoms with E-state index in [-0.39, 0.29) is 10.6 Å². The molecule has 1 aromatic carbocycles. The lowest BCUT2D eigenvalue weighted by Crippen LogP contribution is -3.07. The van der Waals surface area contributed by atoms with Gasteiger partial charge in [-0.1, -0.05) is 0 Å². The van der Waals surface area contributed by atoms with Crippen LogP contribution in [0.2, 0.25) is 0 Å². The van der Waals surface area contributed by atoms with Crippen molar-refractivity contribution in [2.24, 2.45) is 0 Å². The number of ether oxygens (including phenoxy) is 1. The Labute approximate surface area is 135 Å². The summed E-state index contributed by atoms with van der Waals surface area (Å²) in [5.41, 5.74) is 2.35. The number of benzene rings is 1. The van der Waals surface area contributed by atoms with Crippen LogP contribution in [-0.2, 0) is 13.2 Å². The lowest BCUT2D eigenvalue weighted by atomic mass is 10.2. The summed E-state index contributed by atoms with van der Waals surface area (Å²) in [6.07, 6.45) is 0. The molecule has 0 bridgehead atoms. The number of hydrogen-bond donors (Lipinski definition) is 1. The molecule has 7 heteroatoms. The first-order chi connectivity index (χ1) is 10.9. The second kappa shape index (κ2) is 7.23. The maximum atomic E-state index is 11.1. The Morgan fingerprint density at radius 1 is 1.30 bits per heavy atom. The molecule has 7 nitrogen and oxygen atoms in total. The summed E-state index contributed by atoms with van der Waals surface area (Å²) >= 11 is 0. The van der Waals surface area contributed by atoms with Gasteiger partial charge in [-0.05, 0) is 45.0 Å². The molecule has 0 aliphatic rings. The van der Waals surface area contributed by atoms with Crippen LogP contribution in [0.15, 0.2) is 24.3 Å². The highest BCUT2D eigenvalue weighted by Gasteiger charge is 2.23. The van der Waals surface area contributed by atoms with E-state index in [9.17, 15) is 10.1 Å². The fraction of sp³-hybridized carbons (Fsp3) is 0.438. The van der Waals surface area contributed by atoms with Crippen molar-refractivity contribution in [2.75, 3.05) is 13.7 Å². The lowest BCUT2D eigenvalue weighted by Gasteiger charge is -2.15. The number of nitrogens with one attached hydrogen (secondary N) is 1. The summed E-state index contributed by atoms with van der Waals surface area (Å²) in [6.45, 7) is 7.40. The van der Waals surface area contributed by atoms with Crippen LogP contribution in [0, 0.1) is 24.0 Å². The Balaban J connectivity index is 2.03. The number of nitrogens with zero attached hydrogens (tertiary/aromatic N) is 3. The zero-order valence-electron chi connectivity index (χ0n) is 14.0. The molecule has 1 aromatic heterocycles. The van der Waals surface area contributed by atoms with E-state index in [1.165, 1.54) is 10.5 Å². The molecule has 0 aliphatic heterocycles. The van der Waals surface area contributed by atoms with Crippen LogP contribution in [-0.4, -0.2) is 28.4 Å². The third-order valence-corrected chi connectivity index (χ3v) is 3.69. The number of quaternary nitrogens is 1. The molecule has 23 heavy (non-hydrogen) atoms. The molecule has 2 aromatic rings. The molecule has 1 N–H and O–H groups in total. The Morgan fingerprint density at radius 2 is 1.96 bits per heavy atom. The van der Waals surface area contributed by atoms with E-state index in [2.05, 4.69) is 5.10 Å². The molecule has 124 valence electrons. The molecule has 0 radical (unpaired) electrons. The van der Waals surface area contributed by atoms with E-state index in [0.29, 0.717) is 24.7 Å². The van der Waals surface area contributed by atoms with E-state index < -0.39 is 0 Å². The number of aromatic nitrogens is 2. The summed E-state index contributed by atoms with van der Waals surface area (Å²) < 4.78 is 7.14. The number of aryl methyl sites for hydroxylation is 1. The molecule has 1 heterocycles. The zero-order valence-corrected chi connectivity index (χ0v) is 14.0. The summed E-state index contributed by atoms with van der Waals surface area (Å²) in [7, 11) is 2.04. The molecular formula is C16H23N4O3+. The molecule has 1 atom stereocenters.